The Balaban J connectivity index is 1.97. The van der Waals surface area contributed by atoms with Crippen LogP contribution in [0.5, 0.6) is 0 Å². The molecule has 1 aliphatic rings. The Labute approximate surface area is 123 Å². The molecule has 1 aliphatic carbocycles. The molecule has 1 aromatic rings. The highest BCUT2D eigenvalue weighted by atomic mass is 16.3. The van der Waals surface area contributed by atoms with Gasteiger partial charge in [0.25, 0.3) is 0 Å². The molecule has 0 spiro atoms. The lowest BCUT2D eigenvalue weighted by Gasteiger charge is -2.35. The van der Waals surface area contributed by atoms with Gasteiger partial charge in [0.1, 0.15) is 0 Å². The molecule has 1 saturated carbocycles. The Morgan fingerprint density at radius 2 is 1.85 bits per heavy atom. The summed E-state index contributed by atoms with van der Waals surface area (Å²) in [5.74, 6) is 0.568. The molecule has 1 heteroatoms. The molecule has 1 fully saturated rings. The molecule has 1 aromatic carbocycles. The first-order chi connectivity index (χ1) is 9.72. The molecule has 0 amide bonds. The van der Waals surface area contributed by atoms with Gasteiger partial charge >= 0.3 is 0 Å². The van der Waals surface area contributed by atoms with Crippen LogP contribution >= 0.6 is 0 Å². The van der Waals surface area contributed by atoms with Crippen molar-refractivity contribution < 1.29 is 5.11 Å². The van der Waals surface area contributed by atoms with E-state index in [2.05, 4.69) is 36.9 Å². The lowest BCUT2D eigenvalue weighted by atomic mass is 9.76. The largest absolute Gasteiger partial charge is 0.390 e. The van der Waals surface area contributed by atoms with Crippen LogP contribution in [0, 0.1) is 5.92 Å². The van der Waals surface area contributed by atoms with Gasteiger partial charge in [0.2, 0.25) is 0 Å². The molecule has 1 N–H and O–H groups in total. The molecule has 0 aromatic heterocycles. The van der Waals surface area contributed by atoms with E-state index in [0.29, 0.717) is 5.92 Å². The van der Waals surface area contributed by atoms with E-state index in [1.807, 2.05) is 6.08 Å². The molecule has 1 unspecified atom stereocenters. The zero-order valence-corrected chi connectivity index (χ0v) is 12.6. The van der Waals surface area contributed by atoms with Crippen molar-refractivity contribution in [2.45, 2.75) is 63.4 Å². The van der Waals surface area contributed by atoms with Gasteiger partial charge in [-0.1, -0.05) is 55.7 Å². The first-order valence-electron chi connectivity index (χ1n) is 8.09. The number of hydrogen-bond donors (Lipinski definition) is 1. The number of allylic oxidation sites excluding steroid dienone is 1. The van der Waals surface area contributed by atoms with Gasteiger partial charge in [-0.25, -0.2) is 0 Å². The Morgan fingerprint density at radius 3 is 2.50 bits per heavy atom. The third-order valence-electron chi connectivity index (χ3n) is 4.60. The Hall–Kier alpha value is -1.08. The molecule has 0 bridgehead atoms. The van der Waals surface area contributed by atoms with Crippen molar-refractivity contribution in [3.8, 4) is 0 Å². The average Bonchev–Trinajstić information content (AvgIpc) is 2.46. The van der Waals surface area contributed by atoms with Crippen molar-refractivity contribution in [2.24, 2.45) is 5.92 Å². The first kappa shape index (κ1) is 15.3. The van der Waals surface area contributed by atoms with E-state index in [4.69, 9.17) is 0 Å². The van der Waals surface area contributed by atoms with Crippen molar-refractivity contribution in [1.82, 2.24) is 0 Å². The van der Waals surface area contributed by atoms with Crippen LogP contribution in [-0.4, -0.2) is 10.7 Å². The first-order valence-corrected chi connectivity index (χ1v) is 8.09. The second-order valence-corrected chi connectivity index (χ2v) is 6.41. The molecular weight excluding hydrogens is 244 g/mol. The van der Waals surface area contributed by atoms with Gasteiger partial charge in [-0.2, -0.15) is 0 Å². The van der Waals surface area contributed by atoms with E-state index in [-0.39, 0.29) is 0 Å². The van der Waals surface area contributed by atoms with Crippen molar-refractivity contribution in [1.29, 1.82) is 0 Å². The Kier molecular flexibility index (Phi) is 5.85. The van der Waals surface area contributed by atoms with Gasteiger partial charge in [0, 0.05) is 0 Å². The average molecular weight is 272 g/mol. The molecule has 110 valence electrons. The van der Waals surface area contributed by atoms with Gasteiger partial charge in [-0.3, -0.25) is 0 Å². The molecule has 20 heavy (non-hydrogen) atoms. The predicted octanol–water partition coefficient (Wildman–Crippen LogP) is 4.90. The molecule has 1 nitrogen and oxygen atoms in total. The van der Waals surface area contributed by atoms with E-state index in [1.165, 1.54) is 24.8 Å². The summed E-state index contributed by atoms with van der Waals surface area (Å²) in [6.07, 6.45) is 11.9. The third-order valence-corrected chi connectivity index (χ3v) is 4.60. The number of aliphatic hydroxyl groups is 1. The fraction of sp³-hybridized carbons (Fsp3) is 0.579. The van der Waals surface area contributed by atoms with Crippen LogP contribution in [-0.2, 0) is 6.42 Å². The SMILES string of the molecule is C=CCCC(Cc1ccccc1)CC1(O)CCCCC1. The van der Waals surface area contributed by atoms with Crippen molar-refractivity contribution in [3.05, 3.63) is 48.6 Å². The standard InChI is InChI=1S/C19H28O/c1-2-3-10-18(15-17-11-6-4-7-12-17)16-19(20)13-8-5-9-14-19/h2,4,6-7,11-12,18,20H,1,3,5,8-10,13-16H2. The lowest BCUT2D eigenvalue weighted by molar-refractivity contribution is -0.0184. The molecular formula is C19H28O. The minimum Gasteiger partial charge on any atom is -0.390 e. The highest BCUT2D eigenvalue weighted by Gasteiger charge is 2.31. The number of benzene rings is 1. The molecule has 0 aliphatic heterocycles. The second kappa shape index (κ2) is 7.64. The molecule has 2 rings (SSSR count). The molecule has 0 heterocycles. The quantitative estimate of drug-likeness (QED) is 0.700. The molecule has 0 saturated heterocycles. The summed E-state index contributed by atoms with van der Waals surface area (Å²) in [6, 6.07) is 10.7. The Bertz CT molecular complexity index is 389. The zero-order valence-electron chi connectivity index (χ0n) is 12.6. The number of hydrogen-bond acceptors (Lipinski definition) is 1. The minimum absolute atomic E-state index is 0.404. The van der Waals surface area contributed by atoms with Gasteiger partial charge in [0.15, 0.2) is 0 Å². The maximum atomic E-state index is 10.8. The topological polar surface area (TPSA) is 20.2 Å². The van der Waals surface area contributed by atoms with Crippen LogP contribution < -0.4 is 0 Å². The fourth-order valence-electron chi connectivity index (χ4n) is 3.53. The smallest absolute Gasteiger partial charge is 0.0650 e. The van der Waals surface area contributed by atoms with Crippen LogP contribution in [0.3, 0.4) is 0 Å². The highest BCUT2D eigenvalue weighted by molar-refractivity contribution is 5.15. The van der Waals surface area contributed by atoms with Crippen LogP contribution in [0.4, 0.5) is 0 Å². The summed E-state index contributed by atoms with van der Waals surface area (Å²) >= 11 is 0. The van der Waals surface area contributed by atoms with Crippen molar-refractivity contribution >= 4 is 0 Å². The highest BCUT2D eigenvalue weighted by Crippen LogP contribution is 2.35. The normalized spacial score (nSPS) is 19.4. The van der Waals surface area contributed by atoms with Crippen molar-refractivity contribution in [3.63, 3.8) is 0 Å². The van der Waals surface area contributed by atoms with E-state index in [1.54, 1.807) is 0 Å². The van der Waals surface area contributed by atoms with Crippen LogP contribution in [0.1, 0.15) is 56.9 Å². The van der Waals surface area contributed by atoms with E-state index in [0.717, 1.165) is 38.5 Å². The molecule has 1 atom stereocenters. The zero-order chi connectivity index (χ0) is 14.3. The number of rotatable bonds is 7. The maximum Gasteiger partial charge on any atom is 0.0650 e. The summed E-state index contributed by atoms with van der Waals surface area (Å²) < 4.78 is 0. The van der Waals surface area contributed by atoms with E-state index >= 15 is 0 Å². The van der Waals surface area contributed by atoms with Gasteiger partial charge in [-0.05, 0) is 50.0 Å². The van der Waals surface area contributed by atoms with Crippen LogP contribution in [0.25, 0.3) is 0 Å². The van der Waals surface area contributed by atoms with Crippen LogP contribution in [0.2, 0.25) is 0 Å². The summed E-state index contributed by atoms with van der Waals surface area (Å²) in [6.45, 7) is 3.84. The summed E-state index contributed by atoms with van der Waals surface area (Å²) in [7, 11) is 0. The summed E-state index contributed by atoms with van der Waals surface area (Å²) in [5.41, 5.74) is 0.986. The Morgan fingerprint density at radius 1 is 1.15 bits per heavy atom. The van der Waals surface area contributed by atoms with E-state index < -0.39 is 5.60 Å². The van der Waals surface area contributed by atoms with Crippen molar-refractivity contribution in [2.75, 3.05) is 0 Å². The van der Waals surface area contributed by atoms with Gasteiger partial charge < -0.3 is 5.11 Å². The maximum absolute atomic E-state index is 10.8. The third kappa shape index (κ3) is 4.79. The predicted molar refractivity (Wildman–Crippen MR) is 85.7 cm³/mol. The summed E-state index contributed by atoms with van der Waals surface area (Å²) in [4.78, 5) is 0. The minimum atomic E-state index is -0.404. The van der Waals surface area contributed by atoms with Gasteiger partial charge in [0.05, 0.1) is 5.60 Å². The molecule has 0 radical (unpaired) electrons. The van der Waals surface area contributed by atoms with Crippen LogP contribution in [0.15, 0.2) is 43.0 Å². The lowest BCUT2D eigenvalue weighted by Crippen LogP contribution is -2.34. The summed E-state index contributed by atoms with van der Waals surface area (Å²) in [5, 5.41) is 10.8. The monoisotopic (exact) mass is 272 g/mol. The fourth-order valence-corrected chi connectivity index (χ4v) is 3.53. The van der Waals surface area contributed by atoms with Gasteiger partial charge in [-0.15, -0.1) is 6.58 Å². The second-order valence-electron chi connectivity index (χ2n) is 6.41. The van der Waals surface area contributed by atoms with E-state index in [9.17, 15) is 5.11 Å².